The molecule has 2 aromatic carbocycles. The number of benzene rings is 2. The van der Waals surface area contributed by atoms with E-state index in [0.29, 0.717) is 22.3 Å². The van der Waals surface area contributed by atoms with Crippen molar-refractivity contribution >= 4 is 34.6 Å². The summed E-state index contributed by atoms with van der Waals surface area (Å²) in [5, 5.41) is 4.35. The quantitative estimate of drug-likeness (QED) is 0.832. The number of nitrogens with two attached hydrogens (primary N) is 1. The largest absolute Gasteiger partial charge is 0.495 e. The van der Waals surface area contributed by atoms with Crippen LogP contribution < -0.4 is 15.8 Å². The first-order chi connectivity index (χ1) is 9.10. The van der Waals surface area contributed by atoms with E-state index in [0.717, 1.165) is 17.0 Å². The third kappa shape index (κ3) is 3.46. The van der Waals surface area contributed by atoms with Crippen molar-refractivity contribution < 1.29 is 4.74 Å². The van der Waals surface area contributed by atoms with E-state index >= 15 is 0 Å². The van der Waals surface area contributed by atoms with E-state index in [4.69, 9.17) is 33.7 Å². The molecule has 19 heavy (non-hydrogen) atoms. The molecule has 0 unspecified atom stereocenters. The second kappa shape index (κ2) is 6.04. The third-order valence-corrected chi connectivity index (χ3v) is 3.43. The summed E-state index contributed by atoms with van der Waals surface area (Å²) >= 11 is 11.9. The van der Waals surface area contributed by atoms with E-state index in [2.05, 4.69) is 5.32 Å². The first kappa shape index (κ1) is 13.8. The number of rotatable bonds is 4. The van der Waals surface area contributed by atoms with Gasteiger partial charge in [-0.05, 0) is 35.9 Å². The zero-order valence-corrected chi connectivity index (χ0v) is 11.9. The number of methoxy groups -OCH3 is 1. The summed E-state index contributed by atoms with van der Waals surface area (Å²) < 4.78 is 5.27. The molecular formula is C14H14Cl2N2O. The first-order valence-electron chi connectivity index (χ1n) is 5.71. The summed E-state index contributed by atoms with van der Waals surface area (Å²) in [6, 6.07) is 11.0. The highest BCUT2D eigenvalue weighted by Gasteiger charge is 2.04. The molecule has 5 heteroatoms. The molecule has 2 rings (SSSR count). The maximum absolute atomic E-state index is 5.97. The first-order valence-corrected chi connectivity index (χ1v) is 6.47. The third-order valence-electron chi connectivity index (χ3n) is 2.69. The van der Waals surface area contributed by atoms with E-state index in [1.165, 1.54) is 0 Å². The van der Waals surface area contributed by atoms with E-state index < -0.39 is 0 Å². The van der Waals surface area contributed by atoms with Crippen LogP contribution in [-0.4, -0.2) is 7.11 Å². The van der Waals surface area contributed by atoms with Gasteiger partial charge in [0.2, 0.25) is 0 Å². The lowest BCUT2D eigenvalue weighted by Crippen LogP contribution is -2.02. The van der Waals surface area contributed by atoms with Crippen molar-refractivity contribution in [3.8, 4) is 5.75 Å². The predicted molar refractivity (Wildman–Crippen MR) is 81.2 cm³/mol. The molecule has 0 aliphatic rings. The van der Waals surface area contributed by atoms with Gasteiger partial charge in [0.25, 0.3) is 0 Å². The van der Waals surface area contributed by atoms with Crippen molar-refractivity contribution in [1.82, 2.24) is 0 Å². The zero-order chi connectivity index (χ0) is 13.8. The Morgan fingerprint density at radius 3 is 2.58 bits per heavy atom. The number of hydrogen-bond acceptors (Lipinski definition) is 3. The molecule has 0 spiro atoms. The number of nitrogen functional groups attached to an aromatic ring is 1. The van der Waals surface area contributed by atoms with Crippen LogP contribution in [0, 0.1) is 0 Å². The van der Waals surface area contributed by atoms with Crippen LogP contribution in [0.3, 0.4) is 0 Å². The topological polar surface area (TPSA) is 47.3 Å². The highest BCUT2D eigenvalue weighted by molar-refractivity contribution is 6.42. The number of hydrogen-bond donors (Lipinski definition) is 2. The predicted octanol–water partition coefficient (Wildman–Crippen LogP) is 4.20. The highest BCUT2D eigenvalue weighted by Crippen LogP contribution is 2.28. The summed E-state index contributed by atoms with van der Waals surface area (Å²) in [4.78, 5) is 0. The van der Waals surface area contributed by atoms with Crippen LogP contribution in [0.25, 0.3) is 0 Å². The maximum atomic E-state index is 5.97. The van der Waals surface area contributed by atoms with Gasteiger partial charge in [0.15, 0.2) is 0 Å². The lowest BCUT2D eigenvalue weighted by Gasteiger charge is -2.12. The summed E-state index contributed by atoms with van der Waals surface area (Å²) in [5.74, 6) is 0.745. The van der Waals surface area contributed by atoms with Crippen LogP contribution in [0.4, 0.5) is 11.4 Å². The number of halogens is 2. The minimum absolute atomic E-state index is 0.542. The molecule has 0 fully saturated rings. The molecule has 0 saturated heterocycles. The lowest BCUT2D eigenvalue weighted by atomic mass is 10.2. The van der Waals surface area contributed by atoms with Crippen LogP contribution in [-0.2, 0) is 6.54 Å². The summed E-state index contributed by atoms with van der Waals surface area (Å²) in [5.41, 5.74) is 8.31. The second-order valence-electron chi connectivity index (χ2n) is 4.06. The SMILES string of the molecule is COc1ccc(N)cc1NCc1ccc(Cl)c(Cl)c1. The molecule has 0 aliphatic heterocycles. The molecule has 0 heterocycles. The van der Waals surface area contributed by atoms with E-state index in [1.54, 1.807) is 19.2 Å². The van der Waals surface area contributed by atoms with Crippen molar-refractivity contribution in [1.29, 1.82) is 0 Å². The van der Waals surface area contributed by atoms with Gasteiger partial charge >= 0.3 is 0 Å². The van der Waals surface area contributed by atoms with Crippen LogP contribution in [0.15, 0.2) is 36.4 Å². The summed E-state index contributed by atoms with van der Waals surface area (Å²) in [7, 11) is 1.62. The molecule has 0 aromatic heterocycles. The summed E-state index contributed by atoms with van der Waals surface area (Å²) in [6.07, 6.45) is 0. The Bertz CT molecular complexity index is 588. The molecule has 0 bridgehead atoms. The van der Waals surface area contributed by atoms with Gasteiger partial charge in [-0.1, -0.05) is 29.3 Å². The molecule has 2 aromatic rings. The molecule has 0 radical (unpaired) electrons. The monoisotopic (exact) mass is 296 g/mol. The van der Waals surface area contributed by atoms with Gasteiger partial charge < -0.3 is 15.8 Å². The Balaban J connectivity index is 2.13. The average Bonchev–Trinajstić information content (AvgIpc) is 2.40. The molecule has 0 atom stereocenters. The Kier molecular flexibility index (Phi) is 4.40. The number of anilines is 2. The van der Waals surface area contributed by atoms with Crippen molar-refractivity contribution in [2.45, 2.75) is 6.54 Å². The standard InChI is InChI=1S/C14H14Cl2N2O/c1-19-14-5-3-10(17)7-13(14)18-8-9-2-4-11(15)12(16)6-9/h2-7,18H,8,17H2,1H3. The van der Waals surface area contributed by atoms with Crippen LogP contribution in [0.5, 0.6) is 5.75 Å². The molecule has 100 valence electrons. The summed E-state index contributed by atoms with van der Waals surface area (Å²) in [6.45, 7) is 0.608. The van der Waals surface area contributed by atoms with E-state index in [-0.39, 0.29) is 0 Å². The van der Waals surface area contributed by atoms with Crippen molar-refractivity contribution in [3.63, 3.8) is 0 Å². The fraction of sp³-hybridized carbons (Fsp3) is 0.143. The minimum atomic E-state index is 0.542. The number of ether oxygens (including phenoxy) is 1. The fourth-order valence-corrected chi connectivity index (χ4v) is 2.03. The molecule has 3 nitrogen and oxygen atoms in total. The van der Waals surface area contributed by atoms with Crippen LogP contribution >= 0.6 is 23.2 Å². The molecule has 3 N–H and O–H groups in total. The Morgan fingerprint density at radius 2 is 1.89 bits per heavy atom. The van der Waals surface area contributed by atoms with Gasteiger partial charge in [-0.2, -0.15) is 0 Å². The van der Waals surface area contributed by atoms with Gasteiger partial charge in [-0.15, -0.1) is 0 Å². The molecule has 0 amide bonds. The maximum Gasteiger partial charge on any atom is 0.142 e. The molecule has 0 saturated carbocycles. The average molecular weight is 297 g/mol. The Hall–Kier alpha value is -1.58. The lowest BCUT2D eigenvalue weighted by molar-refractivity contribution is 0.416. The highest BCUT2D eigenvalue weighted by atomic mass is 35.5. The van der Waals surface area contributed by atoms with Gasteiger partial charge in [-0.3, -0.25) is 0 Å². The van der Waals surface area contributed by atoms with Crippen LogP contribution in [0.2, 0.25) is 10.0 Å². The molecule has 0 aliphatic carbocycles. The zero-order valence-electron chi connectivity index (χ0n) is 10.4. The van der Waals surface area contributed by atoms with E-state index in [9.17, 15) is 0 Å². The molecular weight excluding hydrogens is 283 g/mol. The van der Waals surface area contributed by atoms with Gasteiger partial charge in [0.05, 0.1) is 22.8 Å². The van der Waals surface area contributed by atoms with Crippen molar-refractivity contribution in [3.05, 3.63) is 52.0 Å². The smallest absolute Gasteiger partial charge is 0.142 e. The van der Waals surface area contributed by atoms with Gasteiger partial charge in [0, 0.05) is 12.2 Å². The fourth-order valence-electron chi connectivity index (χ4n) is 1.71. The Labute approximate surface area is 122 Å². The second-order valence-corrected chi connectivity index (χ2v) is 4.88. The van der Waals surface area contributed by atoms with Crippen molar-refractivity contribution in [2.24, 2.45) is 0 Å². The normalized spacial score (nSPS) is 10.3. The van der Waals surface area contributed by atoms with Crippen LogP contribution in [0.1, 0.15) is 5.56 Å². The van der Waals surface area contributed by atoms with Gasteiger partial charge in [0.1, 0.15) is 5.75 Å². The van der Waals surface area contributed by atoms with Gasteiger partial charge in [-0.25, -0.2) is 0 Å². The van der Waals surface area contributed by atoms with E-state index in [1.807, 2.05) is 24.3 Å². The number of nitrogens with one attached hydrogen (secondary N) is 1. The Morgan fingerprint density at radius 1 is 1.11 bits per heavy atom. The minimum Gasteiger partial charge on any atom is -0.495 e. The van der Waals surface area contributed by atoms with Crippen molar-refractivity contribution in [2.75, 3.05) is 18.2 Å².